The monoisotopic (exact) mass is 900 g/mol. The number of nitrogens with one attached hydrogen (secondary N) is 2. The number of aliphatic carboxylic acids is 2. The number of rotatable bonds is 17. The molecule has 1 atom stereocenters. The molecule has 0 radical (unpaired) electrons. The number of hydrogen-bond donors (Lipinski definition) is 6. The number of halogens is 2. The number of aromatic nitrogens is 6. The largest absolute Gasteiger partial charge is 0.493 e. The smallest absolute Gasteiger partial charge is 0.326 e. The Balaban J connectivity index is 0.000000213. The van der Waals surface area contributed by atoms with Gasteiger partial charge in [0.25, 0.3) is 5.91 Å². The van der Waals surface area contributed by atoms with Gasteiger partial charge in [-0.1, -0.05) is 11.6 Å². The van der Waals surface area contributed by atoms with Crippen molar-refractivity contribution in [1.82, 2.24) is 40.1 Å². The first-order valence-corrected chi connectivity index (χ1v) is 20.2. The molecule has 64 heavy (non-hydrogen) atoms. The lowest BCUT2D eigenvalue weighted by Crippen LogP contribution is -2.41. The van der Waals surface area contributed by atoms with Gasteiger partial charge in [0.2, 0.25) is 5.95 Å². The number of carboxylic acids is 2. The zero-order valence-electron chi connectivity index (χ0n) is 34.8. The summed E-state index contributed by atoms with van der Waals surface area (Å²) in [6.45, 7) is 5.37. The van der Waals surface area contributed by atoms with Crippen molar-refractivity contribution in [2.45, 2.75) is 31.8 Å². The molecule has 7 rings (SSSR count). The standard InChI is InChI=1S/C22H24ClFN4O3.C20H22N8O5/c1-29-20-13-19-16(12-21(20)31-8-2-5-28-6-9-30-10-7-28)22(26-14-25-19)27-15-3-4-18(24)17(23)11-15;1-28(9-11-8-23-17-15(24-11)16(21)26-20(22)27-17)12-4-2-10(3-5-12)18(31)25-13(19(32)33)6-7-14(29)30/h3-4,11-14H,2,5-10H2,1H3,(H,25,26,27);2-5,8,13H,6-7,9H2,1H3,(H,25,31)(H,29,30)(H,32,33)(H4,21,22,23,26,27)/t;13-/m.0/s1. The van der Waals surface area contributed by atoms with E-state index in [-0.39, 0.29) is 35.2 Å². The Bertz CT molecular complexity index is 2610. The molecule has 0 aliphatic carbocycles. The number of fused-ring (bicyclic) bond motifs is 2. The Hall–Kier alpha value is -7.23. The van der Waals surface area contributed by atoms with Crippen molar-refractivity contribution in [1.29, 1.82) is 0 Å². The minimum Gasteiger partial charge on any atom is -0.493 e. The van der Waals surface area contributed by atoms with Gasteiger partial charge in [-0.15, -0.1) is 0 Å². The molecule has 1 amide bonds. The molecule has 1 saturated heterocycles. The summed E-state index contributed by atoms with van der Waals surface area (Å²) in [7, 11) is 3.42. The molecule has 3 aromatic heterocycles. The number of morpholine rings is 1. The van der Waals surface area contributed by atoms with Gasteiger partial charge in [-0.05, 0) is 61.4 Å². The number of carboxylic acid groups (broad SMARTS) is 2. The average Bonchev–Trinajstić information content (AvgIpc) is 3.28. The van der Waals surface area contributed by atoms with Crippen molar-refractivity contribution in [3.05, 3.63) is 89.2 Å². The highest BCUT2D eigenvalue weighted by atomic mass is 35.5. The SMILES string of the molecule is CN(Cc1cnc2nc(N)nc(N)c2n1)c1ccc(C(=O)N[C@@H](CCC(=O)O)C(=O)O)cc1.COc1cc2ncnc(Nc3ccc(F)c(Cl)c3)c2cc1OCCCN1CCOCC1. The summed E-state index contributed by atoms with van der Waals surface area (Å²) in [5, 5.41) is 24.2. The Kier molecular flexibility index (Phi) is 15.7. The number of nitrogen functional groups attached to an aromatic ring is 2. The summed E-state index contributed by atoms with van der Waals surface area (Å²) < 4.78 is 30.4. The van der Waals surface area contributed by atoms with E-state index in [0.29, 0.717) is 58.5 Å². The van der Waals surface area contributed by atoms with E-state index in [9.17, 15) is 23.9 Å². The van der Waals surface area contributed by atoms with Crippen LogP contribution in [0, 0.1) is 5.82 Å². The first kappa shape index (κ1) is 46.3. The third-order valence-corrected chi connectivity index (χ3v) is 10.1. The zero-order valence-corrected chi connectivity index (χ0v) is 35.6. The minimum absolute atomic E-state index is 0.0138. The van der Waals surface area contributed by atoms with Gasteiger partial charge >= 0.3 is 11.9 Å². The number of carbonyl (C=O) groups excluding carboxylic acids is 1. The molecular weight excluding hydrogens is 855 g/mol. The van der Waals surface area contributed by atoms with Gasteiger partial charge in [0.05, 0.1) is 55.9 Å². The summed E-state index contributed by atoms with van der Waals surface area (Å²) in [4.78, 5) is 63.7. The maximum Gasteiger partial charge on any atom is 0.326 e. The molecule has 4 heterocycles. The molecule has 1 aliphatic heterocycles. The molecule has 0 saturated carbocycles. The molecule has 22 heteroatoms. The van der Waals surface area contributed by atoms with E-state index in [1.165, 1.54) is 30.6 Å². The molecule has 20 nitrogen and oxygen atoms in total. The fourth-order valence-corrected chi connectivity index (χ4v) is 6.65. The predicted octanol–water partition coefficient (Wildman–Crippen LogP) is 4.54. The Morgan fingerprint density at radius 3 is 2.47 bits per heavy atom. The Morgan fingerprint density at radius 1 is 1.00 bits per heavy atom. The highest BCUT2D eigenvalue weighted by Crippen LogP contribution is 2.35. The van der Waals surface area contributed by atoms with Crippen molar-refractivity contribution in [2.75, 3.05) is 75.3 Å². The van der Waals surface area contributed by atoms with Gasteiger partial charge in [0.1, 0.15) is 24.0 Å². The molecule has 0 bridgehead atoms. The third kappa shape index (κ3) is 12.5. The lowest BCUT2D eigenvalue weighted by Gasteiger charge is -2.26. The van der Waals surface area contributed by atoms with E-state index >= 15 is 0 Å². The number of ether oxygens (including phenoxy) is 3. The highest BCUT2D eigenvalue weighted by Gasteiger charge is 2.22. The molecule has 6 aromatic rings. The second-order valence-corrected chi connectivity index (χ2v) is 14.8. The number of benzene rings is 3. The predicted molar refractivity (Wildman–Crippen MR) is 236 cm³/mol. The van der Waals surface area contributed by atoms with Crippen LogP contribution in [0.25, 0.3) is 22.1 Å². The molecular formula is C42H46ClFN12O8. The van der Waals surface area contributed by atoms with Crippen LogP contribution in [-0.4, -0.2) is 123 Å². The van der Waals surface area contributed by atoms with Crippen molar-refractivity contribution in [3.63, 3.8) is 0 Å². The van der Waals surface area contributed by atoms with Gasteiger partial charge in [-0.25, -0.2) is 29.1 Å². The molecule has 0 unspecified atom stereocenters. The van der Waals surface area contributed by atoms with E-state index in [0.717, 1.165) is 50.3 Å². The molecule has 8 N–H and O–H groups in total. The quantitative estimate of drug-likeness (QED) is 0.0685. The van der Waals surface area contributed by atoms with Crippen LogP contribution in [-0.2, 0) is 20.9 Å². The number of methoxy groups -OCH3 is 1. The maximum absolute atomic E-state index is 13.5. The molecule has 336 valence electrons. The number of amides is 1. The minimum atomic E-state index is -1.30. The summed E-state index contributed by atoms with van der Waals surface area (Å²) in [6.07, 6.45) is 3.31. The first-order chi connectivity index (χ1) is 30.8. The van der Waals surface area contributed by atoms with Gasteiger partial charge in [0, 0.05) is 61.5 Å². The van der Waals surface area contributed by atoms with Crippen LogP contribution in [0.2, 0.25) is 5.02 Å². The fraction of sp³-hybridized carbons (Fsp3) is 0.310. The van der Waals surface area contributed by atoms with E-state index in [4.69, 9.17) is 42.4 Å². The van der Waals surface area contributed by atoms with E-state index < -0.39 is 29.7 Å². The Labute approximate surface area is 370 Å². The average molecular weight is 901 g/mol. The van der Waals surface area contributed by atoms with Crippen molar-refractivity contribution in [3.8, 4) is 11.5 Å². The first-order valence-electron chi connectivity index (χ1n) is 19.9. The lowest BCUT2D eigenvalue weighted by molar-refractivity contribution is -0.140. The van der Waals surface area contributed by atoms with E-state index in [2.05, 4.69) is 45.4 Å². The van der Waals surface area contributed by atoms with Gasteiger partial charge in [-0.2, -0.15) is 9.97 Å². The maximum atomic E-state index is 13.5. The van der Waals surface area contributed by atoms with Crippen LogP contribution in [0.3, 0.4) is 0 Å². The van der Waals surface area contributed by atoms with Gasteiger partial charge in [0.15, 0.2) is 28.5 Å². The lowest BCUT2D eigenvalue weighted by atomic mass is 10.1. The van der Waals surface area contributed by atoms with Crippen LogP contribution in [0.15, 0.2) is 67.1 Å². The topological polar surface area (TPSA) is 279 Å². The zero-order chi connectivity index (χ0) is 45.8. The molecule has 1 aliphatic rings. The summed E-state index contributed by atoms with van der Waals surface area (Å²) in [5.74, 6) is -1.60. The number of hydrogen-bond acceptors (Lipinski definition) is 17. The number of nitrogens with two attached hydrogens (primary N) is 2. The number of anilines is 5. The van der Waals surface area contributed by atoms with Gasteiger partial charge < -0.3 is 51.4 Å². The van der Waals surface area contributed by atoms with E-state index in [1.807, 2.05) is 24.1 Å². The van der Waals surface area contributed by atoms with Crippen LogP contribution >= 0.6 is 11.6 Å². The molecule has 1 fully saturated rings. The van der Waals surface area contributed by atoms with Gasteiger partial charge in [-0.3, -0.25) is 14.5 Å². The number of nitrogens with zero attached hydrogens (tertiary/aromatic N) is 8. The van der Waals surface area contributed by atoms with Crippen LogP contribution in [0.1, 0.15) is 35.3 Å². The summed E-state index contributed by atoms with van der Waals surface area (Å²) in [6, 6.07) is 13.3. The molecule has 0 spiro atoms. The van der Waals surface area contributed by atoms with E-state index in [1.54, 1.807) is 31.5 Å². The van der Waals surface area contributed by atoms with Crippen molar-refractivity contribution < 1.29 is 43.2 Å². The highest BCUT2D eigenvalue weighted by molar-refractivity contribution is 6.31. The fourth-order valence-electron chi connectivity index (χ4n) is 6.47. The Morgan fingerprint density at radius 2 is 1.77 bits per heavy atom. The molecule has 3 aromatic carbocycles. The van der Waals surface area contributed by atoms with Crippen LogP contribution in [0.5, 0.6) is 11.5 Å². The second-order valence-electron chi connectivity index (χ2n) is 14.4. The summed E-state index contributed by atoms with van der Waals surface area (Å²) >= 11 is 5.90. The summed E-state index contributed by atoms with van der Waals surface area (Å²) in [5.41, 5.74) is 15.0. The normalized spacial score (nSPS) is 13.1. The van der Waals surface area contributed by atoms with Crippen LogP contribution < -0.4 is 36.5 Å². The van der Waals surface area contributed by atoms with Crippen molar-refractivity contribution >= 4 is 80.5 Å². The third-order valence-electron chi connectivity index (χ3n) is 9.80. The number of carbonyl (C=O) groups is 3. The second kappa shape index (κ2) is 21.7. The van der Waals surface area contributed by atoms with Crippen LogP contribution in [0.4, 0.5) is 33.3 Å². The van der Waals surface area contributed by atoms with Crippen molar-refractivity contribution in [2.24, 2.45) is 0 Å².